The van der Waals surface area contributed by atoms with Crippen molar-refractivity contribution >= 4 is 22.3 Å². The van der Waals surface area contributed by atoms with E-state index < -0.39 is 20.7 Å². The SMILES string of the molecule is CN1NC(c2ccccc2)NN=S1c1ccc([N+](=O)[O-])cc1[N+](=O)[O-]. The van der Waals surface area contributed by atoms with Crippen molar-refractivity contribution in [3.05, 3.63) is 74.3 Å². The van der Waals surface area contributed by atoms with Crippen LogP contribution in [0.4, 0.5) is 11.4 Å². The zero-order valence-electron chi connectivity index (χ0n) is 13.0. The van der Waals surface area contributed by atoms with E-state index in [0.29, 0.717) is 0 Å². The molecular formula is C14H14N6O4S. The molecule has 0 amide bonds. The maximum atomic E-state index is 11.3. The molecule has 1 aliphatic heterocycles. The summed E-state index contributed by atoms with van der Waals surface area (Å²) < 4.78 is 5.98. The molecule has 0 saturated carbocycles. The topological polar surface area (TPSA) is 126 Å². The second-order valence-electron chi connectivity index (χ2n) is 5.12. The number of rotatable bonds is 4. The summed E-state index contributed by atoms with van der Waals surface area (Å²) in [7, 11) is 0.688. The van der Waals surface area contributed by atoms with E-state index in [-0.39, 0.29) is 22.4 Å². The van der Waals surface area contributed by atoms with Crippen LogP contribution in [0.3, 0.4) is 0 Å². The zero-order valence-corrected chi connectivity index (χ0v) is 13.8. The van der Waals surface area contributed by atoms with Gasteiger partial charge in [0.25, 0.3) is 11.4 Å². The molecule has 1 heterocycles. The third kappa shape index (κ3) is 3.53. The maximum Gasteiger partial charge on any atom is 0.292 e. The lowest BCUT2D eigenvalue weighted by molar-refractivity contribution is -0.396. The van der Waals surface area contributed by atoms with Crippen LogP contribution in [-0.2, 0) is 10.9 Å². The second kappa shape index (κ2) is 7.03. The van der Waals surface area contributed by atoms with Gasteiger partial charge in [0, 0.05) is 24.0 Å². The third-order valence-electron chi connectivity index (χ3n) is 3.52. The van der Waals surface area contributed by atoms with E-state index in [0.717, 1.165) is 11.6 Å². The van der Waals surface area contributed by atoms with E-state index in [9.17, 15) is 20.2 Å². The van der Waals surface area contributed by atoms with Gasteiger partial charge in [0.1, 0.15) is 11.1 Å². The number of nitro benzene ring substituents is 2. The summed E-state index contributed by atoms with van der Waals surface area (Å²) in [6.45, 7) is 0. The number of hydrazine groups is 1. The minimum absolute atomic E-state index is 0.271. The Morgan fingerprint density at radius 2 is 1.84 bits per heavy atom. The van der Waals surface area contributed by atoms with Crippen molar-refractivity contribution in [3.8, 4) is 0 Å². The molecule has 2 N–H and O–H groups in total. The largest absolute Gasteiger partial charge is 0.292 e. The van der Waals surface area contributed by atoms with E-state index in [2.05, 4.69) is 15.3 Å². The molecule has 11 heteroatoms. The highest BCUT2D eigenvalue weighted by molar-refractivity contribution is 7.85. The summed E-state index contributed by atoms with van der Waals surface area (Å²) in [5, 5.41) is 22.2. The molecule has 2 atom stereocenters. The Balaban J connectivity index is 1.95. The molecule has 25 heavy (non-hydrogen) atoms. The lowest BCUT2D eigenvalue weighted by atomic mass is 10.2. The average molecular weight is 362 g/mol. The summed E-state index contributed by atoms with van der Waals surface area (Å²) >= 11 is 0. The molecular weight excluding hydrogens is 348 g/mol. The van der Waals surface area contributed by atoms with Crippen molar-refractivity contribution < 1.29 is 9.85 Å². The van der Waals surface area contributed by atoms with Crippen LogP contribution in [0.1, 0.15) is 11.7 Å². The molecule has 0 bridgehead atoms. The zero-order chi connectivity index (χ0) is 18.0. The first-order valence-electron chi connectivity index (χ1n) is 7.16. The highest BCUT2D eigenvalue weighted by atomic mass is 32.2. The molecule has 2 unspecified atom stereocenters. The Morgan fingerprint density at radius 3 is 2.44 bits per heavy atom. The van der Waals surface area contributed by atoms with Gasteiger partial charge in [-0.3, -0.25) is 20.2 Å². The second-order valence-corrected chi connectivity index (χ2v) is 6.82. The summed E-state index contributed by atoms with van der Waals surface area (Å²) in [4.78, 5) is 21.2. The van der Waals surface area contributed by atoms with Crippen LogP contribution in [0.5, 0.6) is 0 Å². The van der Waals surface area contributed by atoms with Gasteiger partial charge in [-0.25, -0.2) is 5.43 Å². The summed E-state index contributed by atoms with van der Waals surface area (Å²) in [6.07, 6.45) is -0.271. The minimum Gasteiger partial charge on any atom is -0.258 e. The fraction of sp³-hybridized carbons (Fsp3) is 0.143. The fourth-order valence-corrected chi connectivity index (χ4v) is 3.77. The van der Waals surface area contributed by atoms with E-state index in [1.165, 1.54) is 12.1 Å². The van der Waals surface area contributed by atoms with Gasteiger partial charge in [-0.15, -0.1) is 0 Å². The Labute approximate surface area is 144 Å². The molecule has 2 aromatic rings. The maximum absolute atomic E-state index is 11.3. The number of nitro groups is 2. The predicted molar refractivity (Wildman–Crippen MR) is 91.0 cm³/mol. The van der Waals surface area contributed by atoms with E-state index in [4.69, 9.17) is 0 Å². The van der Waals surface area contributed by atoms with Gasteiger partial charge >= 0.3 is 0 Å². The molecule has 0 aliphatic carbocycles. The lowest BCUT2D eigenvalue weighted by Crippen LogP contribution is -2.47. The van der Waals surface area contributed by atoms with Gasteiger partial charge in [-0.2, -0.15) is 14.3 Å². The van der Waals surface area contributed by atoms with E-state index in [1.54, 1.807) is 11.5 Å². The fourth-order valence-electron chi connectivity index (χ4n) is 2.33. The van der Waals surface area contributed by atoms with Crippen LogP contribution in [0.15, 0.2) is 57.9 Å². The number of nitrogens with zero attached hydrogens (tertiary/aromatic N) is 4. The molecule has 0 aromatic heterocycles. The third-order valence-corrected chi connectivity index (χ3v) is 5.16. The van der Waals surface area contributed by atoms with Crippen LogP contribution in [0.25, 0.3) is 0 Å². The smallest absolute Gasteiger partial charge is 0.258 e. The molecule has 0 spiro atoms. The van der Waals surface area contributed by atoms with Gasteiger partial charge in [0.15, 0.2) is 0 Å². The Kier molecular flexibility index (Phi) is 4.81. The van der Waals surface area contributed by atoms with Crippen molar-refractivity contribution in [3.63, 3.8) is 0 Å². The van der Waals surface area contributed by atoms with Crippen molar-refractivity contribution in [1.29, 1.82) is 0 Å². The number of non-ortho nitro benzene ring substituents is 1. The summed E-state index contributed by atoms with van der Waals surface area (Å²) in [6, 6.07) is 13.1. The first-order chi connectivity index (χ1) is 12.0. The van der Waals surface area contributed by atoms with Crippen LogP contribution >= 0.6 is 0 Å². The van der Waals surface area contributed by atoms with Crippen molar-refractivity contribution in [2.45, 2.75) is 11.1 Å². The van der Waals surface area contributed by atoms with Crippen molar-refractivity contribution in [2.75, 3.05) is 7.05 Å². The molecule has 10 nitrogen and oxygen atoms in total. The van der Waals surface area contributed by atoms with Crippen LogP contribution < -0.4 is 10.9 Å². The average Bonchev–Trinajstić information content (AvgIpc) is 2.62. The van der Waals surface area contributed by atoms with Crippen LogP contribution in [-0.4, -0.2) is 21.3 Å². The predicted octanol–water partition coefficient (Wildman–Crippen LogP) is 2.23. The molecule has 1 aliphatic rings. The quantitative estimate of drug-likeness (QED) is 0.631. The van der Waals surface area contributed by atoms with Crippen molar-refractivity contribution in [2.24, 2.45) is 4.47 Å². The molecule has 0 saturated heterocycles. The molecule has 0 fully saturated rings. The Morgan fingerprint density at radius 1 is 1.12 bits per heavy atom. The Hall–Kier alpha value is -2.73. The first-order valence-corrected chi connectivity index (χ1v) is 8.29. The van der Waals surface area contributed by atoms with Gasteiger partial charge in [0.2, 0.25) is 0 Å². The standard InChI is InChI=1S/C14H14N6O4S/c1-18-16-14(10-5-3-2-4-6-10)15-17-25(18)13-8-7-11(19(21)22)9-12(13)20(23)24/h2-9,14-16H,1H3. The normalized spacial score (nSPS) is 20.7. The van der Waals surface area contributed by atoms with Gasteiger partial charge in [0.05, 0.1) is 15.9 Å². The monoisotopic (exact) mass is 362 g/mol. The molecule has 130 valence electrons. The Bertz CT molecular complexity index is 860. The van der Waals surface area contributed by atoms with Gasteiger partial charge < -0.3 is 0 Å². The van der Waals surface area contributed by atoms with Gasteiger partial charge in [-0.05, 0) is 11.6 Å². The highest BCUT2D eigenvalue weighted by Crippen LogP contribution is 2.30. The highest BCUT2D eigenvalue weighted by Gasteiger charge is 2.28. The summed E-state index contributed by atoms with van der Waals surface area (Å²) in [5.41, 5.74) is 6.40. The minimum atomic E-state index is -1.03. The van der Waals surface area contributed by atoms with E-state index >= 15 is 0 Å². The number of hydrogen-bond acceptors (Lipinski definition) is 8. The number of nitrogens with one attached hydrogen (secondary N) is 2. The van der Waals surface area contributed by atoms with Crippen LogP contribution in [0.2, 0.25) is 0 Å². The lowest BCUT2D eigenvalue weighted by Gasteiger charge is -2.31. The van der Waals surface area contributed by atoms with E-state index in [1.807, 2.05) is 30.3 Å². The summed E-state index contributed by atoms with van der Waals surface area (Å²) in [5.74, 6) is 0. The van der Waals surface area contributed by atoms with Crippen molar-refractivity contribution in [1.82, 2.24) is 15.3 Å². The number of benzene rings is 2. The van der Waals surface area contributed by atoms with Crippen LogP contribution in [0, 0.1) is 20.2 Å². The van der Waals surface area contributed by atoms with Gasteiger partial charge in [-0.1, -0.05) is 30.3 Å². The first kappa shape index (κ1) is 17.1. The molecule has 2 aromatic carbocycles. The molecule has 0 radical (unpaired) electrons. The molecule has 3 rings (SSSR count). The number of hydrogen-bond donors (Lipinski definition) is 2.